The van der Waals surface area contributed by atoms with Crippen LogP contribution in [0.25, 0.3) is 0 Å². The Hall–Kier alpha value is -2.25. The number of rotatable bonds is 4. The molecule has 1 aliphatic heterocycles. The molecule has 1 N–H and O–H groups in total. The number of ether oxygens (including phenoxy) is 3. The van der Waals surface area contributed by atoms with Crippen molar-refractivity contribution >= 4 is 39.8 Å². The van der Waals surface area contributed by atoms with Gasteiger partial charge >= 0.3 is 5.97 Å². The van der Waals surface area contributed by atoms with E-state index in [1.807, 2.05) is 13.8 Å². The Morgan fingerprint density at radius 1 is 1.32 bits per heavy atom. The predicted molar refractivity (Wildman–Crippen MR) is 94.8 cm³/mol. The van der Waals surface area contributed by atoms with Crippen LogP contribution < -0.4 is 14.8 Å². The maximum Gasteiger partial charge on any atom is 0.341 e. The molecule has 3 rings (SSSR count). The molecule has 0 saturated heterocycles. The number of aryl methyl sites for hydroxylation is 1. The fraction of sp³-hybridized carbons (Fsp3) is 0.294. The fourth-order valence-electron chi connectivity index (χ4n) is 2.45. The van der Waals surface area contributed by atoms with Crippen molar-refractivity contribution in [3.05, 3.63) is 38.7 Å². The SMILES string of the molecule is CC(=O)Nc1sc(C)c(C)c1C(=O)OCc1cc(Cl)c2c(c1)OCO2. The molecular weight excluding hydrogens is 366 g/mol. The Morgan fingerprint density at radius 2 is 2.08 bits per heavy atom. The Labute approximate surface area is 153 Å². The molecule has 1 amide bonds. The summed E-state index contributed by atoms with van der Waals surface area (Å²) >= 11 is 7.47. The van der Waals surface area contributed by atoms with Crippen molar-refractivity contribution in [3.63, 3.8) is 0 Å². The smallest absolute Gasteiger partial charge is 0.341 e. The number of halogens is 1. The molecular formula is C17H16ClNO5S. The van der Waals surface area contributed by atoms with Gasteiger partial charge in [0.05, 0.1) is 10.6 Å². The molecule has 25 heavy (non-hydrogen) atoms. The third kappa shape index (κ3) is 3.57. The lowest BCUT2D eigenvalue weighted by Crippen LogP contribution is -2.12. The van der Waals surface area contributed by atoms with Gasteiger partial charge in [0.15, 0.2) is 11.5 Å². The Bertz CT molecular complexity index is 861. The molecule has 0 atom stereocenters. The van der Waals surface area contributed by atoms with Gasteiger partial charge in [-0.2, -0.15) is 0 Å². The number of benzene rings is 1. The first-order valence-electron chi connectivity index (χ1n) is 7.49. The summed E-state index contributed by atoms with van der Waals surface area (Å²) in [4.78, 5) is 24.8. The molecule has 132 valence electrons. The maximum atomic E-state index is 12.5. The van der Waals surface area contributed by atoms with Crippen molar-refractivity contribution in [2.45, 2.75) is 27.4 Å². The maximum absolute atomic E-state index is 12.5. The Balaban J connectivity index is 1.77. The van der Waals surface area contributed by atoms with Gasteiger partial charge in [-0.15, -0.1) is 11.3 Å². The van der Waals surface area contributed by atoms with Gasteiger partial charge in [-0.3, -0.25) is 4.79 Å². The van der Waals surface area contributed by atoms with E-state index in [4.69, 9.17) is 25.8 Å². The molecule has 6 nitrogen and oxygen atoms in total. The van der Waals surface area contributed by atoms with Crippen LogP contribution in [0.15, 0.2) is 12.1 Å². The van der Waals surface area contributed by atoms with E-state index in [9.17, 15) is 9.59 Å². The number of thiophene rings is 1. The van der Waals surface area contributed by atoms with E-state index in [-0.39, 0.29) is 19.3 Å². The Kier molecular flexibility index (Phi) is 4.87. The molecule has 0 spiro atoms. The highest BCUT2D eigenvalue weighted by Crippen LogP contribution is 2.40. The number of fused-ring (bicyclic) bond motifs is 1. The molecule has 1 aromatic carbocycles. The first-order chi connectivity index (χ1) is 11.9. The number of nitrogens with one attached hydrogen (secondary N) is 1. The second kappa shape index (κ2) is 6.93. The first kappa shape index (κ1) is 17.6. The fourth-order valence-corrected chi connectivity index (χ4v) is 3.83. The highest BCUT2D eigenvalue weighted by Gasteiger charge is 2.23. The summed E-state index contributed by atoms with van der Waals surface area (Å²) in [7, 11) is 0. The number of amides is 1. The minimum atomic E-state index is -0.501. The highest BCUT2D eigenvalue weighted by atomic mass is 35.5. The van der Waals surface area contributed by atoms with Crippen LogP contribution in [0.2, 0.25) is 5.02 Å². The largest absolute Gasteiger partial charge is 0.457 e. The minimum absolute atomic E-state index is 0.0308. The van der Waals surface area contributed by atoms with E-state index in [0.717, 1.165) is 10.4 Å². The molecule has 0 aliphatic carbocycles. The van der Waals surface area contributed by atoms with E-state index in [1.165, 1.54) is 18.3 Å². The number of hydrogen-bond donors (Lipinski definition) is 1. The quantitative estimate of drug-likeness (QED) is 0.808. The summed E-state index contributed by atoms with van der Waals surface area (Å²) in [5.74, 6) is 0.284. The molecule has 8 heteroatoms. The highest BCUT2D eigenvalue weighted by molar-refractivity contribution is 7.16. The Morgan fingerprint density at radius 3 is 2.80 bits per heavy atom. The van der Waals surface area contributed by atoms with Gasteiger partial charge in [-0.25, -0.2) is 4.79 Å². The summed E-state index contributed by atoms with van der Waals surface area (Å²) in [6.07, 6.45) is 0. The third-order valence-electron chi connectivity index (χ3n) is 3.74. The predicted octanol–water partition coefficient (Wildman–Crippen LogP) is 4.06. The lowest BCUT2D eigenvalue weighted by Gasteiger charge is -2.09. The molecule has 0 unspecified atom stereocenters. The molecule has 0 saturated carbocycles. The van der Waals surface area contributed by atoms with E-state index in [2.05, 4.69) is 5.32 Å². The molecule has 0 radical (unpaired) electrons. The number of hydrogen-bond acceptors (Lipinski definition) is 6. The van der Waals surface area contributed by atoms with Crippen molar-refractivity contribution in [1.82, 2.24) is 0 Å². The summed E-state index contributed by atoms with van der Waals surface area (Å²) < 4.78 is 16.0. The number of carbonyl (C=O) groups excluding carboxylic acids is 2. The van der Waals surface area contributed by atoms with E-state index in [0.29, 0.717) is 32.6 Å². The lowest BCUT2D eigenvalue weighted by molar-refractivity contribution is -0.114. The van der Waals surface area contributed by atoms with Crippen LogP contribution >= 0.6 is 22.9 Å². The number of esters is 1. The van der Waals surface area contributed by atoms with Gasteiger partial charge in [-0.05, 0) is 37.1 Å². The summed E-state index contributed by atoms with van der Waals surface area (Å²) in [5, 5.41) is 3.58. The van der Waals surface area contributed by atoms with Crippen LogP contribution in [-0.4, -0.2) is 18.7 Å². The summed E-state index contributed by atoms with van der Waals surface area (Å²) in [6.45, 7) is 5.26. The van der Waals surface area contributed by atoms with Crippen LogP contribution in [0.5, 0.6) is 11.5 Å². The van der Waals surface area contributed by atoms with Crippen LogP contribution in [0.1, 0.15) is 33.3 Å². The van der Waals surface area contributed by atoms with Crippen molar-refractivity contribution in [2.24, 2.45) is 0 Å². The van der Waals surface area contributed by atoms with Gasteiger partial charge in [-0.1, -0.05) is 11.6 Å². The molecule has 2 aromatic rings. The topological polar surface area (TPSA) is 73.9 Å². The second-order valence-corrected chi connectivity index (χ2v) is 7.19. The normalized spacial score (nSPS) is 12.2. The number of carbonyl (C=O) groups is 2. The first-order valence-corrected chi connectivity index (χ1v) is 8.69. The van der Waals surface area contributed by atoms with Crippen molar-refractivity contribution in [1.29, 1.82) is 0 Å². The number of anilines is 1. The van der Waals surface area contributed by atoms with Gasteiger partial charge < -0.3 is 19.5 Å². The molecule has 1 aromatic heterocycles. The molecule has 0 bridgehead atoms. The zero-order chi connectivity index (χ0) is 18.1. The standard InChI is InChI=1S/C17H16ClNO5S/c1-8-9(2)25-16(19-10(3)20)14(8)17(21)22-6-11-4-12(18)15-13(5-11)23-7-24-15/h4-5H,6-7H2,1-3H3,(H,19,20). The monoisotopic (exact) mass is 381 g/mol. The zero-order valence-electron chi connectivity index (χ0n) is 13.9. The molecule has 2 heterocycles. The van der Waals surface area contributed by atoms with Crippen LogP contribution in [0, 0.1) is 13.8 Å². The average Bonchev–Trinajstić information content (AvgIpc) is 3.10. The van der Waals surface area contributed by atoms with E-state index in [1.54, 1.807) is 12.1 Å². The summed E-state index contributed by atoms with van der Waals surface area (Å²) in [5.41, 5.74) is 1.86. The second-order valence-electron chi connectivity index (χ2n) is 5.56. The third-order valence-corrected chi connectivity index (χ3v) is 5.14. The lowest BCUT2D eigenvalue weighted by atomic mass is 10.1. The van der Waals surface area contributed by atoms with Gasteiger partial charge in [0.1, 0.15) is 11.6 Å². The van der Waals surface area contributed by atoms with Gasteiger partial charge in [0.2, 0.25) is 12.7 Å². The van der Waals surface area contributed by atoms with E-state index >= 15 is 0 Å². The van der Waals surface area contributed by atoms with Gasteiger partial charge in [0.25, 0.3) is 0 Å². The molecule has 1 aliphatic rings. The van der Waals surface area contributed by atoms with Gasteiger partial charge in [0, 0.05) is 11.8 Å². The van der Waals surface area contributed by atoms with Crippen molar-refractivity contribution < 1.29 is 23.8 Å². The van der Waals surface area contributed by atoms with Crippen molar-refractivity contribution in [2.75, 3.05) is 12.1 Å². The van der Waals surface area contributed by atoms with Crippen LogP contribution in [0.4, 0.5) is 5.00 Å². The average molecular weight is 382 g/mol. The summed E-state index contributed by atoms with van der Waals surface area (Å²) in [6, 6.07) is 3.39. The van der Waals surface area contributed by atoms with E-state index < -0.39 is 5.97 Å². The van der Waals surface area contributed by atoms with Crippen LogP contribution in [-0.2, 0) is 16.1 Å². The van der Waals surface area contributed by atoms with Crippen molar-refractivity contribution in [3.8, 4) is 11.5 Å². The minimum Gasteiger partial charge on any atom is -0.457 e. The molecule has 0 fully saturated rings. The van der Waals surface area contributed by atoms with Crippen LogP contribution in [0.3, 0.4) is 0 Å². The zero-order valence-corrected chi connectivity index (χ0v) is 15.5.